The van der Waals surface area contributed by atoms with Gasteiger partial charge in [0, 0.05) is 0 Å². The van der Waals surface area contributed by atoms with Gasteiger partial charge >= 0.3 is 20.4 Å². The molecular formula is C54H88O8Pd. The summed E-state index contributed by atoms with van der Waals surface area (Å²) in [7, 11) is 0. The second-order valence-electron chi connectivity index (χ2n) is 24.6. The van der Waals surface area contributed by atoms with Crippen molar-refractivity contribution in [1.82, 2.24) is 0 Å². The van der Waals surface area contributed by atoms with Crippen molar-refractivity contribution in [3.63, 3.8) is 0 Å². The Morgan fingerprint density at radius 2 is 0.635 bits per heavy atom. The molecule has 0 bridgehead atoms. The van der Waals surface area contributed by atoms with E-state index in [2.05, 4.69) is 83.1 Å². The molecular weight excluding hydrogens is 883 g/mol. The molecule has 0 aromatic heterocycles. The average Bonchev–Trinajstić information content (AvgIpc) is 3.91. The first kappa shape index (κ1) is 52.3. The Morgan fingerprint density at radius 1 is 0.413 bits per heavy atom. The van der Waals surface area contributed by atoms with Crippen LogP contribution in [0.5, 0.6) is 0 Å². The predicted octanol–water partition coefficient (Wildman–Crippen LogP) is 12.2. The van der Waals surface area contributed by atoms with Crippen LogP contribution in [0.1, 0.15) is 188 Å². The van der Waals surface area contributed by atoms with Gasteiger partial charge in [-0.2, -0.15) is 0 Å². The molecule has 9 heteroatoms. The third kappa shape index (κ3) is 9.19. The Balaban J connectivity index is 0.00000748. The van der Waals surface area contributed by atoms with Crippen molar-refractivity contribution >= 4 is 23.9 Å². The first-order chi connectivity index (χ1) is 28.9. The quantitative estimate of drug-likeness (QED) is 0.0778. The Morgan fingerprint density at radius 3 is 0.857 bits per heavy atom. The zero-order chi connectivity index (χ0) is 46.0. The number of carbonyl (C=O) groups excluding carboxylic acids is 4. The fourth-order valence-electron chi connectivity index (χ4n) is 14.3. The van der Waals surface area contributed by atoms with Crippen molar-refractivity contribution in [2.24, 2.45) is 92.7 Å². The fraction of sp³-hybridized carbons (Fsp3) is 0.889. The summed E-state index contributed by atoms with van der Waals surface area (Å²) in [6, 6.07) is 0. The minimum atomic E-state index is -1.84. The van der Waals surface area contributed by atoms with Crippen LogP contribution in [0.4, 0.5) is 0 Å². The summed E-state index contributed by atoms with van der Waals surface area (Å²) in [4.78, 5) is 62.6. The van der Waals surface area contributed by atoms with E-state index < -0.39 is 57.7 Å². The van der Waals surface area contributed by atoms with E-state index in [0.717, 1.165) is 64.2 Å². The van der Waals surface area contributed by atoms with Gasteiger partial charge in [0.1, 0.15) is 24.4 Å². The van der Waals surface area contributed by atoms with Crippen molar-refractivity contribution in [3.05, 3.63) is 11.8 Å². The van der Waals surface area contributed by atoms with Gasteiger partial charge < -0.3 is 18.9 Å². The fourth-order valence-corrected chi connectivity index (χ4v) is 14.3. The molecule has 0 amide bonds. The maximum atomic E-state index is 16.0. The molecule has 6 rings (SSSR count). The number of rotatable bonds is 13. The number of hydrogen-bond donors (Lipinski definition) is 0. The smallest absolute Gasteiger partial charge is 0.484 e. The first-order valence-electron chi connectivity index (χ1n) is 25.5. The molecule has 6 aliphatic carbocycles. The third-order valence-corrected chi connectivity index (χ3v) is 18.2. The summed E-state index contributed by atoms with van der Waals surface area (Å²) in [5.41, 5.74) is -6.07. The molecule has 0 aromatic carbocycles. The minimum Gasteiger partial charge on any atom is -0.484 e. The van der Waals surface area contributed by atoms with E-state index in [1.54, 1.807) is 0 Å². The van der Waals surface area contributed by atoms with Gasteiger partial charge in [-0.25, -0.2) is 0 Å². The Kier molecular flexibility index (Phi) is 16.2. The topological polar surface area (TPSA) is 105 Å². The van der Waals surface area contributed by atoms with Crippen LogP contribution in [0.3, 0.4) is 0 Å². The van der Waals surface area contributed by atoms with Gasteiger partial charge in [0.05, 0.1) is 0 Å². The minimum absolute atomic E-state index is 0. The molecule has 0 radical (unpaired) electrons. The molecule has 63 heavy (non-hydrogen) atoms. The van der Waals surface area contributed by atoms with E-state index in [-0.39, 0.29) is 80.0 Å². The molecule has 0 spiro atoms. The maximum Gasteiger partial charge on any atom is 2.00 e. The maximum absolute atomic E-state index is 16.0. The van der Waals surface area contributed by atoms with E-state index in [1.807, 2.05) is 27.7 Å². The monoisotopic (exact) mass is 971 g/mol. The predicted molar refractivity (Wildman–Crippen MR) is 244 cm³/mol. The molecule has 0 unspecified atom stereocenters. The normalized spacial score (nSPS) is 39.7. The van der Waals surface area contributed by atoms with Gasteiger partial charge in [-0.05, 0) is 122 Å². The van der Waals surface area contributed by atoms with Crippen LogP contribution in [-0.2, 0) is 58.5 Å². The Labute approximate surface area is 397 Å². The second-order valence-corrected chi connectivity index (χ2v) is 24.6. The SMILES string of the molecule is CC(C)[C@@H]1CC[C@@H](C)C[C@H]1OC(=O)[C-]1C(C)(C)[C@@]1(C(=O)O[C@@H]1C[C@H](C)CC[C@H]1C(C)C)[C@@]1(C(=O)O[C@@H]2C[C@H](C)CC[C@H]2C(C)C)[C-](C(=O)O[C@@H]2C[C@H](C)CC[C@H]2C(C)C)C1(C)C.[Pd+2]. The van der Waals surface area contributed by atoms with Gasteiger partial charge in [0.2, 0.25) is 0 Å². The molecule has 0 aromatic rings. The molecule has 362 valence electrons. The largest absolute Gasteiger partial charge is 2.00 e. The standard InChI is InChI=1S/C54H88O8.Pd/c1-29(2)37-21-17-33(9)25-41(37)59-47(55)45-51(13,14)53(45,49(57)61-43-27-35(11)19-23-39(43)31(5)6)54(50(58)62-44-28-36(12)20-24-40(44)32(7)8)46(52(54,15)16)48(56)60-42-26-34(10)18-22-38(42)30(3)4;/h29-44H,17-28H2,1-16H3;/q-2;+2/t33-,34-,35-,36-,37+,38+,39+,40+,41-,42-,43-,44-,53-,54-;/m1./s1. The summed E-state index contributed by atoms with van der Waals surface area (Å²) in [5.74, 6) is 1.36. The average molecular weight is 972 g/mol. The molecule has 0 saturated heterocycles. The van der Waals surface area contributed by atoms with Gasteiger partial charge in [-0.15, -0.1) is 10.8 Å². The van der Waals surface area contributed by atoms with Crippen LogP contribution in [0, 0.1) is 105 Å². The van der Waals surface area contributed by atoms with Crippen LogP contribution in [-0.4, -0.2) is 48.3 Å². The van der Waals surface area contributed by atoms with Crippen molar-refractivity contribution in [2.75, 3.05) is 0 Å². The van der Waals surface area contributed by atoms with Gasteiger partial charge in [0.25, 0.3) is 11.9 Å². The summed E-state index contributed by atoms with van der Waals surface area (Å²) in [6.45, 7) is 33.9. The number of esters is 4. The molecule has 6 saturated carbocycles. The van der Waals surface area contributed by atoms with Gasteiger partial charge in [-0.3, -0.25) is 31.0 Å². The van der Waals surface area contributed by atoms with Gasteiger partial charge in [-0.1, -0.05) is 147 Å². The van der Waals surface area contributed by atoms with E-state index in [0.29, 0.717) is 48.3 Å². The molecule has 0 aliphatic heterocycles. The van der Waals surface area contributed by atoms with Crippen LogP contribution < -0.4 is 0 Å². The molecule has 6 fully saturated rings. The molecule has 0 N–H and O–H groups in total. The summed E-state index contributed by atoms with van der Waals surface area (Å²) in [5, 5.41) is 0. The summed E-state index contributed by atoms with van der Waals surface area (Å²) < 4.78 is 27.1. The zero-order valence-electron chi connectivity index (χ0n) is 42.3. The number of carbonyl (C=O) groups is 4. The number of ether oxygens (including phenoxy) is 4. The Hall–Kier alpha value is -1.72. The van der Waals surface area contributed by atoms with Crippen LogP contribution >= 0.6 is 0 Å². The van der Waals surface area contributed by atoms with E-state index in [1.165, 1.54) is 0 Å². The molecule has 0 heterocycles. The van der Waals surface area contributed by atoms with Crippen molar-refractivity contribution in [3.8, 4) is 0 Å². The Bertz CT molecular complexity index is 1520. The van der Waals surface area contributed by atoms with Crippen molar-refractivity contribution in [1.29, 1.82) is 0 Å². The molecule has 14 atom stereocenters. The number of hydrogen-bond acceptors (Lipinski definition) is 8. The molecule has 8 nitrogen and oxygen atoms in total. The summed E-state index contributed by atoms with van der Waals surface area (Å²) >= 11 is 0. The second kappa shape index (κ2) is 19.5. The van der Waals surface area contributed by atoms with Crippen LogP contribution in [0.2, 0.25) is 0 Å². The third-order valence-electron chi connectivity index (χ3n) is 18.2. The van der Waals surface area contributed by atoms with E-state index in [4.69, 9.17) is 18.9 Å². The summed E-state index contributed by atoms with van der Waals surface area (Å²) in [6.07, 6.45) is 9.46. The molecule has 6 aliphatic rings. The van der Waals surface area contributed by atoms with Crippen LogP contribution in [0.15, 0.2) is 0 Å². The van der Waals surface area contributed by atoms with Crippen LogP contribution in [0.25, 0.3) is 0 Å². The van der Waals surface area contributed by atoms with Crippen molar-refractivity contribution < 1.29 is 58.5 Å². The van der Waals surface area contributed by atoms with E-state index >= 15 is 19.2 Å². The van der Waals surface area contributed by atoms with E-state index in [9.17, 15) is 0 Å². The first-order valence-corrected chi connectivity index (χ1v) is 25.5. The van der Waals surface area contributed by atoms with Gasteiger partial charge in [0.15, 0.2) is 11.9 Å². The zero-order valence-corrected chi connectivity index (χ0v) is 43.9. The van der Waals surface area contributed by atoms with Crippen molar-refractivity contribution in [2.45, 2.75) is 212 Å².